The molecular formula is C22H20BrNO3. The monoisotopic (exact) mass is 425 g/mol. The first kappa shape index (κ1) is 19.1. The molecule has 0 aliphatic rings. The van der Waals surface area contributed by atoms with Gasteiger partial charge in [-0.25, -0.2) is 0 Å². The van der Waals surface area contributed by atoms with Crippen LogP contribution in [0.25, 0.3) is 10.8 Å². The summed E-state index contributed by atoms with van der Waals surface area (Å²) < 4.78 is 6.21. The molecule has 3 aromatic rings. The molecule has 0 atom stereocenters. The number of benzene rings is 3. The molecule has 0 spiro atoms. The second-order valence-corrected chi connectivity index (χ2v) is 7.15. The number of nitrogens with zero attached hydrogens (tertiary/aromatic N) is 1. The Balaban J connectivity index is 1.84. The van der Waals surface area contributed by atoms with E-state index in [1.807, 2.05) is 36.4 Å². The van der Waals surface area contributed by atoms with E-state index in [4.69, 9.17) is 4.74 Å². The van der Waals surface area contributed by atoms with Crippen LogP contribution in [0.1, 0.15) is 22.8 Å². The number of rotatable bonds is 5. The van der Waals surface area contributed by atoms with E-state index in [0.29, 0.717) is 18.5 Å². The smallest absolute Gasteiger partial charge is 0.260 e. The van der Waals surface area contributed by atoms with Gasteiger partial charge >= 0.3 is 0 Å². The summed E-state index contributed by atoms with van der Waals surface area (Å²) in [6.07, 6.45) is 0.576. The molecule has 0 heterocycles. The molecule has 0 aliphatic heterocycles. The standard InChI is InChI=1S/C22H20BrNO3/c1-15(25)24(22(26)18-6-9-19(23)10-7-18)13-12-17-5-3-4-16-8-11-20(27-2)14-21(16)17/h3-11,14H,12-13H2,1-2H3. The highest BCUT2D eigenvalue weighted by Gasteiger charge is 2.20. The number of halogens is 1. The Hall–Kier alpha value is -2.66. The molecule has 0 fully saturated rings. The first-order valence-corrected chi connectivity index (χ1v) is 9.42. The van der Waals surface area contributed by atoms with Gasteiger partial charge in [0, 0.05) is 23.5 Å². The first-order chi connectivity index (χ1) is 13.0. The predicted octanol–water partition coefficient (Wildman–Crippen LogP) is 4.84. The van der Waals surface area contributed by atoms with Crippen LogP contribution in [0.15, 0.2) is 65.1 Å². The fourth-order valence-corrected chi connectivity index (χ4v) is 3.31. The van der Waals surface area contributed by atoms with Crippen molar-refractivity contribution in [3.63, 3.8) is 0 Å². The minimum atomic E-state index is -0.284. The van der Waals surface area contributed by atoms with Crippen molar-refractivity contribution in [2.75, 3.05) is 13.7 Å². The third-order valence-corrected chi connectivity index (χ3v) is 5.03. The van der Waals surface area contributed by atoms with Crippen molar-refractivity contribution < 1.29 is 14.3 Å². The van der Waals surface area contributed by atoms with Crippen molar-refractivity contribution in [1.29, 1.82) is 0 Å². The molecule has 138 valence electrons. The predicted molar refractivity (Wildman–Crippen MR) is 110 cm³/mol. The number of hydrogen-bond donors (Lipinski definition) is 0. The summed E-state index contributed by atoms with van der Waals surface area (Å²) >= 11 is 3.35. The average Bonchev–Trinajstić information content (AvgIpc) is 2.68. The van der Waals surface area contributed by atoms with Crippen LogP contribution in [0.2, 0.25) is 0 Å². The highest BCUT2D eigenvalue weighted by molar-refractivity contribution is 9.10. The maximum Gasteiger partial charge on any atom is 0.260 e. The summed E-state index contributed by atoms with van der Waals surface area (Å²) in [4.78, 5) is 26.1. The lowest BCUT2D eigenvalue weighted by Gasteiger charge is -2.20. The minimum absolute atomic E-state index is 0.263. The molecule has 0 radical (unpaired) electrons. The number of ether oxygens (including phenoxy) is 1. The topological polar surface area (TPSA) is 46.6 Å². The Morgan fingerprint density at radius 2 is 1.78 bits per heavy atom. The van der Waals surface area contributed by atoms with Gasteiger partial charge in [-0.15, -0.1) is 0 Å². The Bertz CT molecular complexity index is 983. The van der Waals surface area contributed by atoms with E-state index in [1.54, 1.807) is 31.4 Å². The second kappa shape index (κ2) is 8.35. The fourth-order valence-electron chi connectivity index (χ4n) is 3.04. The molecule has 0 saturated carbocycles. The highest BCUT2D eigenvalue weighted by atomic mass is 79.9. The highest BCUT2D eigenvalue weighted by Crippen LogP contribution is 2.25. The third-order valence-electron chi connectivity index (χ3n) is 4.50. The molecule has 4 nitrogen and oxygen atoms in total. The lowest BCUT2D eigenvalue weighted by Crippen LogP contribution is -2.36. The number of methoxy groups -OCH3 is 1. The van der Waals surface area contributed by atoms with E-state index in [2.05, 4.69) is 15.9 Å². The molecule has 3 rings (SSSR count). The fraction of sp³-hybridized carbons (Fsp3) is 0.182. The number of hydrogen-bond acceptors (Lipinski definition) is 3. The van der Waals surface area contributed by atoms with Crippen LogP contribution in [0.3, 0.4) is 0 Å². The van der Waals surface area contributed by atoms with Crippen LogP contribution in [0.4, 0.5) is 0 Å². The summed E-state index contributed by atoms with van der Waals surface area (Å²) in [6.45, 7) is 1.74. The largest absolute Gasteiger partial charge is 0.497 e. The van der Waals surface area contributed by atoms with Crippen LogP contribution >= 0.6 is 15.9 Å². The molecule has 0 aliphatic carbocycles. The van der Waals surface area contributed by atoms with E-state index in [-0.39, 0.29) is 11.8 Å². The van der Waals surface area contributed by atoms with Gasteiger partial charge in [0.1, 0.15) is 5.75 Å². The molecule has 2 amide bonds. The van der Waals surface area contributed by atoms with Gasteiger partial charge in [0.2, 0.25) is 5.91 Å². The van der Waals surface area contributed by atoms with Crippen LogP contribution in [-0.2, 0) is 11.2 Å². The zero-order chi connectivity index (χ0) is 19.4. The van der Waals surface area contributed by atoms with E-state index < -0.39 is 0 Å². The number of carbonyl (C=O) groups excluding carboxylic acids is 2. The third kappa shape index (κ3) is 4.37. The zero-order valence-electron chi connectivity index (χ0n) is 15.2. The summed E-state index contributed by atoms with van der Waals surface area (Å²) in [5, 5.41) is 2.17. The molecule has 5 heteroatoms. The van der Waals surface area contributed by atoms with Gasteiger partial charge in [0.25, 0.3) is 5.91 Å². The Kier molecular flexibility index (Phi) is 5.91. The summed E-state index contributed by atoms with van der Waals surface area (Å²) in [5.74, 6) is 0.234. The zero-order valence-corrected chi connectivity index (χ0v) is 16.8. The summed E-state index contributed by atoms with van der Waals surface area (Å²) in [5.41, 5.74) is 1.56. The lowest BCUT2D eigenvalue weighted by molar-refractivity contribution is -0.126. The summed E-state index contributed by atoms with van der Waals surface area (Å²) in [7, 11) is 1.64. The van der Waals surface area contributed by atoms with Crippen LogP contribution in [-0.4, -0.2) is 30.4 Å². The summed E-state index contributed by atoms with van der Waals surface area (Å²) in [6, 6.07) is 19.0. The van der Waals surface area contributed by atoms with Gasteiger partial charge in [-0.2, -0.15) is 0 Å². The number of fused-ring (bicyclic) bond motifs is 1. The molecular weight excluding hydrogens is 406 g/mol. The van der Waals surface area contributed by atoms with Gasteiger partial charge in [0.15, 0.2) is 0 Å². The van der Waals surface area contributed by atoms with Gasteiger partial charge in [-0.05, 0) is 59.2 Å². The maximum absolute atomic E-state index is 12.8. The maximum atomic E-state index is 12.8. The van der Waals surface area contributed by atoms with E-state index in [1.165, 1.54) is 11.8 Å². The van der Waals surface area contributed by atoms with Crippen LogP contribution < -0.4 is 4.74 Å². The quantitative estimate of drug-likeness (QED) is 0.587. The number of carbonyl (C=O) groups is 2. The van der Waals surface area contributed by atoms with Crippen molar-refractivity contribution in [2.24, 2.45) is 0 Å². The SMILES string of the molecule is COc1ccc2cccc(CCN(C(C)=O)C(=O)c3ccc(Br)cc3)c2c1. The average molecular weight is 426 g/mol. The number of imide groups is 1. The Morgan fingerprint density at radius 1 is 1.04 bits per heavy atom. The van der Waals surface area contributed by atoms with Gasteiger partial charge < -0.3 is 4.74 Å². The lowest BCUT2D eigenvalue weighted by atomic mass is 10.0. The van der Waals surface area contributed by atoms with Gasteiger partial charge in [-0.3, -0.25) is 14.5 Å². The Labute approximate surface area is 166 Å². The molecule has 0 saturated heterocycles. The molecule has 3 aromatic carbocycles. The van der Waals surface area contributed by atoms with E-state index >= 15 is 0 Å². The molecule has 0 unspecified atom stereocenters. The normalized spacial score (nSPS) is 10.6. The molecule has 0 aromatic heterocycles. The molecule has 0 bridgehead atoms. The van der Waals surface area contributed by atoms with Crippen LogP contribution in [0.5, 0.6) is 5.75 Å². The minimum Gasteiger partial charge on any atom is -0.497 e. The molecule has 27 heavy (non-hydrogen) atoms. The van der Waals surface area contributed by atoms with Gasteiger partial charge in [-0.1, -0.05) is 40.2 Å². The van der Waals surface area contributed by atoms with Crippen LogP contribution in [0, 0.1) is 0 Å². The second-order valence-electron chi connectivity index (χ2n) is 6.24. The van der Waals surface area contributed by atoms with E-state index in [0.717, 1.165) is 26.6 Å². The van der Waals surface area contributed by atoms with Crippen molar-refractivity contribution in [3.05, 3.63) is 76.3 Å². The Morgan fingerprint density at radius 3 is 2.44 bits per heavy atom. The van der Waals surface area contributed by atoms with Gasteiger partial charge in [0.05, 0.1) is 7.11 Å². The molecule has 0 N–H and O–H groups in total. The van der Waals surface area contributed by atoms with Crippen molar-refractivity contribution >= 4 is 38.5 Å². The van der Waals surface area contributed by atoms with Crippen molar-refractivity contribution in [1.82, 2.24) is 4.90 Å². The van der Waals surface area contributed by atoms with Crippen molar-refractivity contribution in [3.8, 4) is 5.75 Å². The number of amides is 2. The van der Waals surface area contributed by atoms with E-state index in [9.17, 15) is 9.59 Å². The van der Waals surface area contributed by atoms with Crippen molar-refractivity contribution in [2.45, 2.75) is 13.3 Å². The first-order valence-electron chi connectivity index (χ1n) is 8.63.